The van der Waals surface area contributed by atoms with Crippen molar-refractivity contribution >= 4 is 22.4 Å². The molecule has 1 atom stereocenters. The summed E-state index contributed by atoms with van der Waals surface area (Å²) in [7, 11) is 1.65. The van der Waals surface area contributed by atoms with E-state index < -0.39 is 0 Å². The molecule has 0 aliphatic carbocycles. The molecular formula is C23H24N2O3S. The second-order valence-corrected chi connectivity index (χ2v) is 7.95. The average Bonchev–Trinajstić information content (AvgIpc) is 3.44. The Hall–Kier alpha value is -2.70. The van der Waals surface area contributed by atoms with Gasteiger partial charge in [0.25, 0.3) is 5.91 Å². The first kappa shape index (κ1) is 19.6. The lowest BCUT2D eigenvalue weighted by atomic mass is 10.1. The first-order chi connectivity index (χ1) is 14.2. The number of carbonyl (C=O) groups excluding carboxylic acids is 1. The van der Waals surface area contributed by atoms with Crippen molar-refractivity contribution in [3.63, 3.8) is 0 Å². The summed E-state index contributed by atoms with van der Waals surface area (Å²) in [6.07, 6.45) is 2.05. The second-order valence-electron chi connectivity index (χ2n) is 7.11. The molecule has 1 aliphatic heterocycles. The van der Waals surface area contributed by atoms with Crippen molar-refractivity contribution < 1.29 is 14.3 Å². The number of hydrogen-bond acceptors (Lipinski definition) is 5. The molecule has 1 aromatic heterocycles. The largest absolute Gasteiger partial charge is 0.497 e. The molecule has 1 fully saturated rings. The number of aromatic nitrogens is 1. The molecule has 2 heterocycles. The standard InChI is InChI=1S/C23H24N2O3S/c1-16-6-3-4-8-20(16)22(26)25(14-19-7-5-13-28-19)23-24-21(15-29-23)17-9-11-18(27-2)12-10-17/h3-4,6,8-12,15,19H,5,7,13-14H2,1-2H3/t19-/m1/s1. The fourth-order valence-electron chi connectivity index (χ4n) is 3.48. The van der Waals surface area contributed by atoms with Crippen molar-refractivity contribution in [3.05, 3.63) is 65.0 Å². The summed E-state index contributed by atoms with van der Waals surface area (Å²) in [5.74, 6) is 0.771. The van der Waals surface area contributed by atoms with Gasteiger partial charge in [0.05, 0.1) is 25.5 Å². The van der Waals surface area contributed by atoms with E-state index in [0.717, 1.165) is 42.0 Å². The monoisotopic (exact) mass is 408 g/mol. The maximum absolute atomic E-state index is 13.4. The number of aryl methyl sites for hydroxylation is 1. The fraction of sp³-hybridized carbons (Fsp3) is 0.304. The number of carbonyl (C=O) groups is 1. The van der Waals surface area contributed by atoms with Crippen LogP contribution in [0.4, 0.5) is 5.13 Å². The van der Waals surface area contributed by atoms with Gasteiger partial charge in [-0.25, -0.2) is 4.98 Å². The van der Waals surface area contributed by atoms with Gasteiger partial charge in [-0.2, -0.15) is 0 Å². The van der Waals surface area contributed by atoms with Crippen LogP contribution in [0.1, 0.15) is 28.8 Å². The summed E-state index contributed by atoms with van der Waals surface area (Å²) < 4.78 is 11.0. The number of methoxy groups -OCH3 is 1. The Balaban J connectivity index is 1.64. The van der Waals surface area contributed by atoms with Crippen LogP contribution in [-0.4, -0.2) is 37.3 Å². The lowest BCUT2D eigenvalue weighted by molar-refractivity contribution is 0.0917. The maximum Gasteiger partial charge on any atom is 0.260 e. The number of thiazole rings is 1. The average molecular weight is 409 g/mol. The molecule has 1 amide bonds. The Labute approximate surface area is 174 Å². The van der Waals surface area contributed by atoms with Gasteiger partial charge in [0.1, 0.15) is 5.75 Å². The van der Waals surface area contributed by atoms with Gasteiger partial charge in [0, 0.05) is 23.1 Å². The summed E-state index contributed by atoms with van der Waals surface area (Å²) >= 11 is 1.48. The van der Waals surface area contributed by atoms with Crippen LogP contribution >= 0.6 is 11.3 Å². The van der Waals surface area contributed by atoms with Crippen LogP contribution in [0.15, 0.2) is 53.9 Å². The number of hydrogen-bond donors (Lipinski definition) is 0. The third-order valence-corrected chi connectivity index (χ3v) is 6.00. The quantitative estimate of drug-likeness (QED) is 0.579. The molecular weight excluding hydrogens is 384 g/mol. The molecule has 0 bridgehead atoms. The summed E-state index contributed by atoms with van der Waals surface area (Å²) in [5, 5.41) is 2.68. The van der Waals surface area contributed by atoms with Gasteiger partial charge in [-0.05, 0) is 55.7 Å². The molecule has 6 heteroatoms. The van der Waals surface area contributed by atoms with Gasteiger partial charge in [-0.3, -0.25) is 9.69 Å². The van der Waals surface area contributed by atoms with Crippen molar-refractivity contribution in [2.75, 3.05) is 25.2 Å². The summed E-state index contributed by atoms with van der Waals surface area (Å²) in [6.45, 7) is 3.23. The summed E-state index contributed by atoms with van der Waals surface area (Å²) in [4.78, 5) is 20.0. The highest BCUT2D eigenvalue weighted by atomic mass is 32.1. The van der Waals surface area contributed by atoms with E-state index in [1.165, 1.54) is 11.3 Å². The highest BCUT2D eigenvalue weighted by Crippen LogP contribution is 2.31. The normalized spacial score (nSPS) is 16.0. The lowest BCUT2D eigenvalue weighted by Crippen LogP contribution is -2.37. The van der Waals surface area contributed by atoms with Gasteiger partial charge in [0.2, 0.25) is 0 Å². The molecule has 5 nitrogen and oxygen atoms in total. The summed E-state index contributed by atoms with van der Waals surface area (Å²) in [6, 6.07) is 15.5. The zero-order chi connectivity index (χ0) is 20.2. The molecule has 150 valence electrons. The van der Waals surface area contributed by atoms with Crippen molar-refractivity contribution in [3.8, 4) is 17.0 Å². The SMILES string of the molecule is COc1ccc(-c2csc(N(C[C@H]3CCCO3)C(=O)c3ccccc3C)n2)cc1. The van der Waals surface area contributed by atoms with Gasteiger partial charge in [-0.15, -0.1) is 11.3 Å². The van der Waals surface area contributed by atoms with E-state index in [4.69, 9.17) is 14.5 Å². The van der Waals surface area contributed by atoms with Crippen LogP contribution in [0.25, 0.3) is 11.3 Å². The predicted octanol–water partition coefficient (Wildman–Crippen LogP) is 4.95. The van der Waals surface area contributed by atoms with E-state index in [0.29, 0.717) is 17.2 Å². The minimum atomic E-state index is -0.0331. The van der Waals surface area contributed by atoms with Crippen molar-refractivity contribution in [1.29, 1.82) is 0 Å². The van der Waals surface area contributed by atoms with Gasteiger partial charge < -0.3 is 9.47 Å². The topological polar surface area (TPSA) is 51.7 Å². The van der Waals surface area contributed by atoms with E-state index in [9.17, 15) is 4.79 Å². The number of benzene rings is 2. The molecule has 2 aromatic carbocycles. The molecule has 0 radical (unpaired) electrons. The minimum Gasteiger partial charge on any atom is -0.497 e. The Kier molecular flexibility index (Phi) is 5.92. The highest BCUT2D eigenvalue weighted by Gasteiger charge is 2.27. The molecule has 0 saturated carbocycles. The Morgan fingerprint density at radius 1 is 1.24 bits per heavy atom. The molecule has 0 N–H and O–H groups in total. The number of ether oxygens (including phenoxy) is 2. The zero-order valence-corrected chi connectivity index (χ0v) is 17.4. The van der Waals surface area contributed by atoms with Crippen molar-refractivity contribution in [1.82, 2.24) is 4.98 Å². The Morgan fingerprint density at radius 2 is 2.03 bits per heavy atom. The third kappa shape index (κ3) is 4.33. The predicted molar refractivity (Wildman–Crippen MR) is 116 cm³/mol. The fourth-order valence-corrected chi connectivity index (χ4v) is 4.32. The smallest absolute Gasteiger partial charge is 0.260 e. The second kappa shape index (κ2) is 8.76. The maximum atomic E-state index is 13.4. The van der Waals surface area contributed by atoms with E-state index in [1.54, 1.807) is 12.0 Å². The van der Waals surface area contributed by atoms with E-state index in [2.05, 4.69) is 0 Å². The van der Waals surface area contributed by atoms with Crippen LogP contribution in [0.2, 0.25) is 0 Å². The molecule has 29 heavy (non-hydrogen) atoms. The van der Waals surface area contributed by atoms with Crippen LogP contribution in [-0.2, 0) is 4.74 Å². The highest BCUT2D eigenvalue weighted by molar-refractivity contribution is 7.14. The van der Waals surface area contributed by atoms with Crippen molar-refractivity contribution in [2.24, 2.45) is 0 Å². The number of nitrogens with zero attached hydrogens (tertiary/aromatic N) is 2. The molecule has 3 aromatic rings. The molecule has 4 rings (SSSR count). The van der Waals surface area contributed by atoms with Crippen LogP contribution in [0.5, 0.6) is 5.75 Å². The number of amides is 1. The van der Waals surface area contributed by atoms with Crippen molar-refractivity contribution in [2.45, 2.75) is 25.9 Å². The van der Waals surface area contributed by atoms with Gasteiger partial charge >= 0.3 is 0 Å². The number of anilines is 1. The van der Waals surface area contributed by atoms with E-state index in [-0.39, 0.29) is 12.0 Å². The Bertz CT molecular complexity index is 978. The lowest BCUT2D eigenvalue weighted by Gasteiger charge is -2.23. The molecule has 1 aliphatic rings. The van der Waals surface area contributed by atoms with Crippen LogP contribution < -0.4 is 9.64 Å². The number of rotatable bonds is 6. The van der Waals surface area contributed by atoms with Crippen LogP contribution in [0.3, 0.4) is 0 Å². The first-order valence-electron chi connectivity index (χ1n) is 9.75. The van der Waals surface area contributed by atoms with Gasteiger partial charge in [-0.1, -0.05) is 18.2 Å². The third-order valence-electron chi connectivity index (χ3n) is 5.14. The zero-order valence-electron chi connectivity index (χ0n) is 16.6. The summed E-state index contributed by atoms with van der Waals surface area (Å²) in [5.41, 5.74) is 3.50. The first-order valence-corrected chi connectivity index (χ1v) is 10.6. The van der Waals surface area contributed by atoms with Crippen LogP contribution in [0, 0.1) is 6.92 Å². The molecule has 1 saturated heterocycles. The van der Waals surface area contributed by atoms with E-state index in [1.807, 2.05) is 60.8 Å². The molecule has 0 unspecified atom stereocenters. The minimum absolute atomic E-state index is 0.0331. The molecule has 0 spiro atoms. The van der Waals surface area contributed by atoms with Gasteiger partial charge in [0.15, 0.2) is 5.13 Å². The van der Waals surface area contributed by atoms with E-state index >= 15 is 0 Å². The Morgan fingerprint density at radius 3 is 2.72 bits per heavy atom.